The SMILES string of the molecule is COc1cccc2c1C1(CCCC1)C(CC(=O)O)CC2. The second kappa shape index (κ2) is 5.12. The lowest BCUT2D eigenvalue weighted by molar-refractivity contribution is -0.139. The van der Waals surface area contributed by atoms with Gasteiger partial charge in [-0.15, -0.1) is 0 Å². The highest BCUT2D eigenvalue weighted by molar-refractivity contribution is 5.68. The number of aliphatic carboxylic acids is 1. The molecule has 1 spiro atoms. The van der Waals surface area contributed by atoms with Crippen molar-refractivity contribution in [3.8, 4) is 5.75 Å². The summed E-state index contributed by atoms with van der Waals surface area (Å²) in [6.45, 7) is 0. The summed E-state index contributed by atoms with van der Waals surface area (Å²) in [6.07, 6.45) is 6.88. The zero-order valence-electron chi connectivity index (χ0n) is 12.0. The van der Waals surface area contributed by atoms with E-state index in [0.29, 0.717) is 0 Å². The number of hydrogen-bond acceptors (Lipinski definition) is 2. The number of carboxylic acids is 1. The van der Waals surface area contributed by atoms with Gasteiger partial charge in [0.15, 0.2) is 0 Å². The van der Waals surface area contributed by atoms with E-state index in [1.807, 2.05) is 6.07 Å². The van der Waals surface area contributed by atoms with Crippen LogP contribution in [-0.2, 0) is 16.6 Å². The molecule has 2 aliphatic carbocycles. The first-order chi connectivity index (χ1) is 9.67. The zero-order chi connectivity index (χ0) is 14.2. The second-order valence-corrected chi connectivity index (χ2v) is 6.19. The van der Waals surface area contributed by atoms with Crippen molar-refractivity contribution in [1.82, 2.24) is 0 Å². The van der Waals surface area contributed by atoms with Crippen LogP contribution in [0.15, 0.2) is 18.2 Å². The van der Waals surface area contributed by atoms with Crippen LogP contribution in [0.25, 0.3) is 0 Å². The van der Waals surface area contributed by atoms with Crippen LogP contribution >= 0.6 is 0 Å². The van der Waals surface area contributed by atoms with Crippen LogP contribution in [0.4, 0.5) is 0 Å². The standard InChI is InChI=1S/C17H22O3/c1-20-14-6-4-5-12-7-8-13(11-15(18)19)17(16(12)14)9-2-3-10-17/h4-6,13H,2-3,7-11H2,1H3,(H,18,19). The van der Waals surface area contributed by atoms with E-state index in [0.717, 1.165) is 31.4 Å². The van der Waals surface area contributed by atoms with Crippen molar-refractivity contribution in [2.75, 3.05) is 7.11 Å². The third-order valence-corrected chi connectivity index (χ3v) is 5.29. The third-order valence-electron chi connectivity index (χ3n) is 5.29. The van der Waals surface area contributed by atoms with Crippen molar-refractivity contribution in [2.45, 2.75) is 50.4 Å². The van der Waals surface area contributed by atoms with E-state index in [1.54, 1.807) is 7.11 Å². The minimum absolute atomic E-state index is 0.0403. The minimum Gasteiger partial charge on any atom is -0.496 e. The Morgan fingerprint density at radius 1 is 1.40 bits per heavy atom. The van der Waals surface area contributed by atoms with Crippen molar-refractivity contribution in [1.29, 1.82) is 0 Å². The van der Waals surface area contributed by atoms with Gasteiger partial charge in [-0.3, -0.25) is 4.79 Å². The smallest absolute Gasteiger partial charge is 0.303 e. The molecule has 0 aromatic heterocycles. The summed E-state index contributed by atoms with van der Waals surface area (Å²) in [5, 5.41) is 9.25. The molecule has 0 aliphatic heterocycles. The molecule has 1 aromatic carbocycles. The van der Waals surface area contributed by atoms with Crippen molar-refractivity contribution in [3.63, 3.8) is 0 Å². The van der Waals surface area contributed by atoms with Gasteiger partial charge in [0.05, 0.1) is 7.11 Å². The van der Waals surface area contributed by atoms with Crippen molar-refractivity contribution in [3.05, 3.63) is 29.3 Å². The number of hydrogen-bond donors (Lipinski definition) is 1. The molecule has 0 saturated heterocycles. The summed E-state index contributed by atoms with van der Waals surface area (Å²) >= 11 is 0. The molecule has 1 unspecified atom stereocenters. The number of ether oxygens (including phenoxy) is 1. The van der Waals surface area contributed by atoms with Crippen LogP contribution in [-0.4, -0.2) is 18.2 Å². The normalized spacial score (nSPS) is 23.6. The molecule has 1 N–H and O–H groups in total. The molecule has 1 aromatic rings. The maximum atomic E-state index is 11.2. The number of benzene rings is 1. The van der Waals surface area contributed by atoms with E-state index in [4.69, 9.17) is 4.74 Å². The molecule has 1 atom stereocenters. The van der Waals surface area contributed by atoms with Crippen LogP contribution in [0.5, 0.6) is 5.75 Å². The Morgan fingerprint density at radius 3 is 2.80 bits per heavy atom. The summed E-state index contributed by atoms with van der Waals surface area (Å²) in [5.41, 5.74) is 2.73. The molecule has 0 radical (unpaired) electrons. The molecular weight excluding hydrogens is 252 g/mol. The van der Waals surface area contributed by atoms with Gasteiger partial charge in [0.2, 0.25) is 0 Å². The summed E-state index contributed by atoms with van der Waals surface area (Å²) in [5.74, 6) is 0.547. The van der Waals surface area contributed by atoms with Gasteiger partial charge in [-0.25, -0.2) is 0 Å². The van der Waals surface area contributed by atoms with E-state index in [1.165, 1.54) is 24.0 Å². The van der Waals surface area contributed by atoms with E-state index < -0.39 is 5.97 Å². The molecule has 3 rings (SSSR count). The molecule has 2 aliphatic rings. The lowest BCUT2D eigenvalue weighted by atomic mass is 9.61. The van der Waals surface area contributed by atoms with E-state index >= 15 is 0 Å². The quantitative estimate of drug-likeness (QED) is 0.917. The Balaban J connectivity index is 2.10. The van der Waals surface area contributed by atoms with E-state index in [2.05, 4.69) is 12.1 Å². The van der Waals surface area contributed by atoms with Gasteiger partial charge in [0, 0.05) is 17.4 Å². The monoisotopic (exact) mass is 274 g/mol. The summed E-state index contributed by atoms with van der Waals surface area (Å²) < 4.78 is 5.61. The van der Waals surface area contributed by atoms with Crippen molar-refractivity contribution < 1.29 is 14.6 Å². The zero-order valence-corrected chi connectivity index (χ0v) is 12.0. The average molecular weight is 274 g/mol. The van der Waals surface area contributed by atoms with Crippen LogP contribution in [0.3, 0.4) is 0 Å². The fourth-order valence-corrected chi connectivity index (χ4v) is 4.50. The van der Waals surface area contributed by atoms with E-state index in [-0.39, 0.29) is 17.8 Å². The number of methoxy groups -OCH3 is 1. The van der Waals surface area contributed by atoms with Crippen molar-refractivity contribution >= 4 is 5.97 Å². The first-order valence-electron chi connectivity index (χ1n) is 7.55. The molecule has 108 valence electrons. The summed E-state index contributed by atoms with van der Waals surface area (Å²) in [7, 11) is 1.72. The first kappa shape index (κ1) is 13.5. The van der Waals surface area contributed by atoms with Crippen LogP contribution in [0, 0.1) is 5.92 Å². The maximum absolute atomic E-state index is 11.2. The molecule has 1 fully saturated rings. The predicted octanol–water partition coefficient (Wildman–Crippen LogP) is 3.54. The van der Waals surface area contributed by atoms with Crippen molar-refractivity contribution in [2.24, 2.45) is 5.92 Å². The average Bonchev–Trinajstić information content (AvgIpc) is 2.91. The van der Waals surface area contributed by atoms with E-state index in [9.17, 15) is 9.90 Å². The van der Waals surface area contributed by atoms with Gasteiger partial charge < -0.3 is 9.84 Å². The van der Waals surface area contributed by atoms with Gasteiger partial charge in [0.1, 0.15) is 5.75 Å². The summed E-state index contributed by atoms with van der Waals surface area (Å²) in [4.78, 5) is 11.2. The second-order valence-electron chi connectivity index (χ2n) is 6.19. The Labute approximate surface area is 120 Å². The van der Waals surface area contributed by atoms with Gasteiger partial charge >= 0.3 is 5.97 Å². The summed E-state index contributed by atoms with van der Waals surface area (Å²) in [6, 6.07) is 6.27. The minimum atomic E-state index is -0.667. The molecular formula is C17H22O3. The fourth-order valence-electron chi connectivity index (χ4n) is 4.50. The third kappa shape index (κ3) is 2.00. The van der Waals surface area contributed by atoms with Crippen LogP contribution < -0.4 is 4.74 Å². The maximum Gasteiger partial charge on any atom is 0.303 e. The van der Waals surface area contributed by atoms with Gasteiger partial charge in [-0.1, -0.05) is 25.0 Å². The van der Waals surface area contributed by atoms with Gasteiger partial charge in [0.25, 0.3) is 0 Å². The van der Waals surface area contributed by atoms with Crippen LogP contribution in [0.1, 0.15) is 49.7 Å². The molecule has 0 bridgehead atoms. The fraction of sp³-hybridized carbons (Fsp3) is 0.588. The number of carbonyl (C=O) groups is 1. The molecule has 3 heteroatoms. The molecule has 1 saturated carbocycles. The Morgan fingerprint density at radius 2 is 2.15 bits per heavy atom. The predicted molar refractivity (Wildman–Crippen MR) is 77.2 cm³/mol. The first-order valence-corrected chi connectivity index (χ1v) is 7.55. The highest BCUT2D eigenvalue weighted by Crippen LogP contribution is 2.55. The molecule has 0 amide bonds. The molecule has 0 heterocycles. The largest absolute Gasteiger partial charge is 0.496 e. The topological polar surface area (TPSA) is 46.5 Å². The Hall–Kier alpha value is -1.51. The number of carboxylic acid groups (broad SMARTS) is 1. The van der Waals surface area contributed by atoms with Gasteiger partial charge in [-0.05, 0) is 43.2 Å². The number of rotatable bonds is 3. The van der Waals surface area contributed by atoms with Gasteiger partial charge in [-0.2, -0.15) is 0 Å². The lowest BCUT2D eigenvalue weighted by Gasteiger charge is -2.43. The highest BCUT2D eigenvalue weighted by Gasteiger charge is 2.48. The lowest BCUT2D eigenvalue weighted by Crippen LogP contribution is -2.38. The Bertz CT molecular complexity index is 501. The molecule has 3 nitrogen and oxygen atoms in total. The molecule has 20 heavy (non-hydrogen) atoms. The Kier molecular flexibility index (Phi) is 3.45. The number of aryl methyl sites for hydroxylation is 1. The highest BCUT2D eigenvalue weighted by atomic mass is 16.5. The van der Waals surface area contributed by atoms with Crippen LogP contribution in [0.2, 0.25) is 0 Å². The number of fused-ring (bicyclic) bond motifs is 2.